The fourth-order valence-electron chi connectivity index (χ4n) is 2.49. The number of rotatable bonds is 7. The van der Waals surface area contributed by atoms with Gasteiger partial charge in [-0.05, 0) is 31.7 Å². The average molecular weight is 267 g/mol. The molecule has 19 heavy (non-hydrogen) atoms. The van der Waals surface area contributed by atoms with Crippen LogP contribution in [0.1, 0.15) is 44.3 Å². The first kappa shape index (κ1) is 14.0. The molecule has 2 heterocycles. The van der Waals surface area contributed by atoms with E-state index in [2.05, 4.69) is 22.0 Å². The molecule has 1 N–H and O–H groups in total. The van der Waals surface area contributed by atoms with Crippen LogP contribution in [0.2, 0.25) is 0 Å². The highest BCUT2D eigenvalue weighted by Gasteiger charge is 2.24. The summed E-state index contributed by atoms with van der Waals surface area (Å²) in [7, 11) is 0. The van der Waals surface area contributed by atoms with Gasteiger partial charge in [0.25, 0.3) is 0 Å². The summed E-state index contributed by atoms with van der Waals surface area (Å²) in [6, 6.07) is 0. The van der Waals surface area contributed by atoms with Crippen LogP contribution in [-0.2, 0) is 17.8 Å². The second-order valence-corrected chi connectivity index (χ2v) is 5.18. The number of aryl methyl sites for hydroxylation is 1. The van der Waals surface area contributed by atoms with Gasteiger partial charge < -0.3 is 9.63 Å². The molecule has 106 valence electrons. The molecule has 0 aromatic carbocycles. The summed E-state index contributed by atoms with van der Waals surface area (Å²) < 4.78 is 5.22. The molecule has 0 amide bonds. The van der Waals surface area contributed by atoms with Gasteiger partial charge in [0.2, 0.25) is 5.89 Å². The summed E-state index contributed by atoms with van der Waals surface area (Å²) in [6.07, 6.45) is 3.95. The summed E-state index contributed by atoms with van der Waals surface area (Å²) in [4.78, 5) is 17.2. The van der Waals surface area contributed by atoms with Gasteiger partial charge in [-0.15, -0.1) is 0 Å². The Kier molecular flexibility index (Phi) is 4.90. The van der Waals surface area contributed by atoms with Crippen LogP contribution >= 0.6 is 0 Å². The monoisotopic (exact) mass is 267 g/mol. The van der Waals surface area contributed by atoms with Gasteiger partial charge >= 0.3 is 5.97 Å². The molecule has 6 nitrogen and oxygen atoms in total. The molecule has 1 fully saturated rings. The summed E-state index contributed by atoms with van der Waals surface area (Å²) in [5.74, 6) is 1.22. The van der Waals surface area contributed by atoms with Crippen LogP contribution in [0.4, 0.5) is 0 Å². The van der Waals surface area contributed by atoms with Gasteiger partial charge in [-0.2, -0.15) is 4.98 Å². The van der Waals surface area contributed by atoms with Crippen molar-refractivity contribution in [3.05, 3.63) is 11.7 Å². The zero-order chi connectivity index (χ0) is 13.7. The van der Waals surface area contributed by atoms with Crippen LogP contribution in [0.3, 0.4) is 0 Å². The Morgan fingerprint density at radius 2 is 2.42 bits per heavy atom. The molecular formula is C13H21N3O3. The van der Waals surface area contributed by atoms with E-state index >= 15 is 0 Å². The summed E-state index contributed by atoms with van der Waals surface area (Å²) in [5.41, 5.74) is 0. The van der Waals surface area contributed by atoms with E-state index in [1.807, 2.05) is 0 Å². The fourth-order valence-corrected chi connectivity index (χ4v) is 2.49. The van der Waals surface area contributed by atoms with Gasteiger partial charge in [0.15, 0.2) is 5.82 Å². The van der Waals surface area contributed by atoms with Crippen LogP contribution in [0.25, 0.3) is 0 Å². The number of nitrogens with zero attached hydrogens (tertiary/aromatic N) is 3. The number of carboxylic acids is 1. The molecule has 1 unspecified atom stereocenters. The normalized spacial score (nSPS) is 19.9. The molecule has 1 aliphatic heterocycles. The number of hydrogen-bond acceptors (Lipinski definition) is 5. The van der Waals surface area contributed by atoms with Crippen molar-refractivity contribution in [3.63, 3.8) is 0 Å². The number of aliphatic carboxylic acids is 1. The molecule has 0 aliphatic carbocycles. The Labute approximate surface area is 112 Å². The quantitative estimate of drug-likeness (QED) is 0.810. The van der Waals surface area contributed by atoms with Crippen molar-refractivity contribution < 1.29 is 14.4 Å². The molecule has 0 spiro atoms. The molecule has 0 bridgehead atoms. The highest BCUT2D eigenvalue weighted by Crippen LogP contribution is 2.22. The third kappa shape index (κ3) is 4.31. The summed E-state index contributed by atoms with van der Waals surface area (Å²) in [6.45, 7) is 4.68. The minimum atomic E-state index is -0.709. The minimum Gasteiger partial charge on any atom is -0.481 e. The first-order valence-corrected chi connectivity index (χ1v) is 6.93. The summed E-state index contributed by atoms with van der Waals surface area (Å²) in [5, 5.41) is 12.6. The van der Waals surface area contributed by atoms with Gasteiger partial charge in [0, 0.05) is 19.4 Å². The van der Waals surface area contributed by atoms with Gasteiger partial charge in [0.1, 0.15) is 0 Å². The number of carbonyl (C=O) groups is 1. The number of hydrogen-bond donors (Lipinski definition) is 1. The predicted molar refractivity (Wildman–Crippen MR) is 68.5 cm³/mol. The van der Waals surface area contributed by atoms with E-state index in [1.165, 1.54) is 0 Å². The number of aromatic nitrogens is 2. The lowest BCUT2D eigenvalue weighted by Gasteiger charge is -2.12. The lowest BCUT2D eigenvalue weighted by Crippen LogP contribution is -2.20. The Morgan fingerprint density at radius 3 is 3.16 bits per heavy atom. The van der Waals surface area contributed by atoms with Crippen molar-refractivity contribution in [3.8, 4) is 0 Å². The molecule has 1 aromatic rings. The standard InChI is InChI=1S/C13H21N3O3/c1-2-3-11-14-12(19-15-11)9-16-7-6-10(8-16)4-5-13(17)18/h10H,2-9H2,1H3,(H,17,18). The fraction of sp³-hybridized carbons (Fsp3) is 0.769. The SMILES string of the molecule is CCCc1noc(CN2CCC(CCC(=O)O)C2)n1. The predicted octanol–water partition coefficient (Wildman–Crippen LogP) is 1.71. The van der Waals surface area contributed by atoms with Crippen molar-refractivity contribution in [2.75, 3.05) is 13.1 Å². The molecule has 0 radical (unpaired) electrons. The van der Waals surface area contributed by atoms with Crippen LogP contribution in [0.5, 0.6) is 0 Å². The maximum atomic E-state index is 10.5. The van der Waals surface area contributed by atoms with Crippen molar-refractivity contribution in [1.82, 2.24) is 15.0 Å². The molecule has 1 saturated heterocycles. The van der Waals surface area contributed by atoms with Crippen LogP contribution in [0, 0.1) is 5.92 Å². The average Bonchev–Trinajstić information content (AvgIpc) is 2.98. The first-order chi connectivity index (χ1) is 9.17. The number of carboxylic acid groups (broad SMARTS) is 1. The largest absolute Gasteiger partial charge is 0.481 e. The zero-order valence-corrected chi connectivity index (χ0v) is 11.3. The Morgan fingerprint density at radius 1 is 1.58 bits per heavy atom. The lowest BCUT2D eigenvalue weighted by molar-refractivity contribution is -0.137. The lowest BCUT2D eigenvalue weighted by atomic mass is 10.0. The van der Waals surface area contributed by atoms with Crippen LogP contribution < -0.4 is 0 Å². The smallest absolute Gasteiger partial charge is 0.303 e. The third-order valence-electron chi connectivity index (χ3n) is 3.48. The second kappa shape index (κ2) is 6.65. The first-order valence-electron chi connectivity index (χ1n) is 6.93. The summed E-state index contributed by atoms with van der Waals surface area (Å²) >= 11 is 0. The van der Waals surface area contributed by atoms with E-state index in [0.29, 0.717) is 18.4 Å². The van der Waals surface area contributed by atoms with E-state index in [-0.39, 0.29) is 6.42 Å². The maximum Gasteiger partial charge on any atom is 0.303 e. The topological polar surface area (TPSA) is 79.5 Å². The van der Waals surface area contributed by atoms with Crippen molar-refractivity contribution in [2.24, 2.45) is 5.92 Å². The molecule has 1 aliphatic rings. The Hall–Kier alpha value is -1.43. The molecular weight excluding hydrogens is 246 g/mol. The zero-order valence-electron chi connectivity index (χ0n) is 11.3. The molecule has 1 aromatic heterocycles. The van der Waals surface area contributed by atoms with E-state index < -0.39 is 5.97 Å². The van der Waals surface area contributed by atoms with Gasteiger partial charge in [-0.3, -0.25) is 9.69 Å². The van der Waals surface area contributed by atoms with Crippen LogP contribution in [-0.4, -0.2) is 39.2 Å². The van der Waals surface area contributed by atoms with Crippen molar-refractivity contribution >= 4 is 5.97 Å². The highest BCUT2D eigenvalue weighted by atomic mass is 16.5. The molecule has 0 saturated carbocycles. The van der Waals surface area contributed by atoms with E-state index in [0.717, 1.165) is 44.6 Å². The van der Waals surface area contributed by atoms with Gasteiger partial charge in [-0.25, -0.2) is 0 Å². The van der Waals surface area contributed by atoms with Crippen LogP contribution in [0.15, 0.2) is 4.52 Å². The minimum absolute atomic E-state index is 0.264. The van der Waals surface area contributed by atoms with Crippen molar-refractivity contribution in [1.29, 1.82) is 0 Å². The second-order valence-electron chi connectivity index (χ2n) is 5.18. The maximum absolute atomic E-state index is 10.5. The van der Waals surface area contributed by atoms with Gasteiger partial charge in [-0.1, -0.05) is 12.1 Å². The molecule has 2 rings (SSSR count). The molecule has 6 heteroatoms. The van der Waals surface area contributed by atoms with E-state index in [4.69, 9.17) is 9.63 Å². The van der Waals surface area contributed by atoms with Crippen molar-refractivity contribution in [2.45, 2.75) is 45.6 Å². The molecule has 1 atom stereocenters. The number of likely N-dealkylation sites (tertiary alicyclic amines) is 1. The Bertz CT molecular complexity index is 419. The highest BCUT2D eigenvalue weighted by molar-refractivity contribution is 5.66. The van der Waals surface area contributed by atoms with E-state index in [9.17, 15) is 4.79 Å². The van der Waals surface area contributed by atoms with Gasteiger partial charge in [0.05, 0.1) is 6.54 Å². The van der Waals surface area contributed by atoms with E-state index in [1.54, 1.807) is 0 Å². The Balaban J connectivity index is 1.76. The third-order valence-corrected chi connectivity index (χ3v) is 3.48.